The van der Waals surface area contributed by atoms with E-state index in [2.05, 4.69) is 27.4 Å². The summed E-state index contributed by atoms with van der Waals surface area (Å²) in [6, 6.07) is 5.49. The number of aliphatic hydroxyl groups excluding tert-OH is 1. The van der Waals surface area contributed by atoms with Crippen LogP contribution in [0.5, 0.6) is 0 Å². The molecule has 0 aliphatic rings. The van der Waals surface area contributed by atoms with Crippen molar-refractivity contribution in [2.75, 3.05) is 11.9 Å². The Balaban J connectivity index is 2.26. The van der Waals surface area contributed by atoms with Gasteiger partial charge in [0, 0.05) is 12.0 Å². The van der Waals surface area contributed by atoms with Gasteiger partial charge in [-0.2, -0.15) is 0 Å². The van der Waals surface area contributed by atoms with Crippen molar-refractivity contribution in [3.8, 4) is 11.8 Å². The average molecular weight is 301 g/mol. The lowest BCUT2D eigenvalue weighted by molar-refractivity contribution is 0.102. The van der Waals surface area contributed by atoms with Crippen molar-refractivity contribution in [3.63, 3.8) is 0 Å². The van der Waals surface area contributed by atoms with E-state index in [1.807, 2.05) is 19.9 Å². The highest BCUT2D eigenvalue weighted by molar-refractivity contribution is 7.15. The summed E-state index contributed by atoms with van der Waals surface area (Å²) in [6.07, 6.45) is 0.379. The molecule has 1 amide bonds. The molecule has 21 heavy (non-hydrogen) atoms. The number of carbonyl (C=O) groups is 1. The van der Waals surface area contributed by atoms with Crippen molar-refractivity contribution < 1.29 is 9.90 Å². The molecule has 0 aliphatic heterocycles. The van der Waals surface area contributed by atoms with E-state index in [9.17, 15) is 4.79 Å². The molecule has 1 aromatic carbocycles. The van der Waals surface area contributed by atoms with E-state index in [0.29, 0.717) is 22.7 Å². The Bertz CT molecular complexity index is 713. The monoisotopic (exact) mass is 301 g/mol. The number of amides is 1. The normalized spacial score (nSPS) is 9.86. The predicted molar refractivity (Wildman–Crippen MR) is 82.4 cm³/mol. The number of rotatable bonds is 3. The van der Waals surface area contributed by atoms with Crippen LogP contribution in [0.15, 0.2) is 18.2 Å². The summed E-state index contributed by atoms with van der Waals surface area (Å²) in [7, 11) is 0. The highest BCUT2D eigenvalue weighted by Crippen LogP contribution is 2.17. The number of hydrogen-bond acceptors (Lipinski definition) is 5. The van der Waals surface area contributed by atoms with Gasteiger partial charge in [0.15, 0.2) is 0 Å². The Labute approximate surface area is 127 Å². The number of aliphatic hydroxyl groups is 1. The molecule has 0 spiro atoms. The molecule has 1 heterocycles. The van der Waals surface area contributed by atoms with Crippen LogP contribution in [0.3, 0.4) is 0 Å². The fraction of sp³-hybridized carbons (Fsp3) is 0.267. The summed E-state index contributed by atoms with van der Waals surface area (Å²) < 4.78 is 0. The highest BCUT2D eigenvalue weighted by Gasteiger charge is 2.13. The number of benzene rings is 1. The minimum atomic E-state index is -0.261. The first-order chi connectivity index (χ1) is 10.1. The molecule has 5 nitrogen and oxygen atoms in total. The summed E-state index contributed by atoms with van der Waals surface area (Å²) >= 11 is 1.32. The van der Waals surface area contributed by atoms with Gasteiger partial charge in [-0.3, -0.25) is 10.1 Å². The van der Waals surface area contributed by atoms with Crippen LogP contribution >= 0.6 is 11.3 Å². The zero-order valence-electron chi connectivity index (χ0n) is 11.8. The Morgan fingerprint density at radius 1 is 1.38 bits per heavy atom. The van der Waals surface area contributed by atoms with Gasteiger partial charge in [0.1, 0.15) is 5.01 Å². The van der Waals surface area contributed by atoms with E-state index in [1.165, 1.54) is 11.3 Å². The lowest BCUT2D eigenvalue weighted by Crippen LogP contribution is -2.13. The molecular weight excluding hydrogens is 286 g/mol. The minimum Gasteiger partial charge on any atom is -0.395 e. The third kappa shape index (κ3) is 4.12. The van der Waals surface area contributed by atoms with Crippen molar-refractivity contribution in [2.45, 2.75) is 20.3 Å². The van der Waals surface area contributed by atoms with Crippen LogP contribution in [0, 0.1) is 25.7 Å². The van der Waals surface area contributed by atoms with Crippen LogP contribution in [-0.2, 0) is 0 Å². The quantitative estimate of drug-likeness (QED) is 0.852. The molecule has 0 saturated heterocycles. The lowest BCUT2D eigenvalue weighted by Gasteiger charge is -2.05. The molecule has 108 valence electrons. The fourth-order valence-electron chi connectivity index (χ4n) is 1.68. The van der Waals surface area contributed by atoms with Gasteiger partial charge < -0.3 is 5.11 Å². The van der Waals surface area contributed by atoms with Gasteiger partial charge in [-0.15, -0.1) is 10.2 Å². The topological polar surface area (TPSA) is 75.1 Å². The van der Waals surface area contributed by atoms with Crippen LogP contribution < -0.4 is 5.32 Å². The van der Waals surface area contributed by atoms with Crippen LogP contribution in [0.2, 0.25) is 0 Å². The van der Waals surface area contributed by atoms with Crippen LogP contribution in [0.1, 0.15) is 32.9 Å². The number of carbonyl (C=O) groups excluding carboxylic acids is 1. The number of aromatic nitrogens is 2. The largest absolute Gasteiger partial charge is 0.395 e. The Kier molecular flexibility index (Phi) is 5.04. The lowest BCUT2D eigenvalue weighted by atomic mass is 10.0. The van der Waals surface area contributed by atoms with Crippen molar-refractivity contribution in [1.29, 1.82) is 0 Å². The number of aryl methyl sites for hydroxylation is 2. The summed E-state index contributed by atoms with van der Waals surface area (Å²) in [5.41, 5.74) is 2.10. The van der Waals surface area contributed by atoms with E-state index >= 15 is 0 Å². The molecule has 0 fully saturated rings. The number of hydrogen-bond donors (Lipinski definition) is 2. The van der Waals surface area contributed by atoms with Crippen molar-refractivity contribution >= 4 is 22.4 Å². The summed E-state index contributed by atoms with van der Waals surface area (Å²) in [4.78, 5) is 12.3. The summed E-state index contributed by atoms with van der Waals surface area (Å²) in [5, 5.41) is 20.5. The van der Waals surface area contributed by atoms with E-state index in [-0.39, 0.29) is 12.5 Å². The zero-order valence-corrected chi connectivity index (χ0v) is 12.6. The highest BCUT2D eigenvalue weighted by atomic mass is 32.1. The molecule has 2 rings (SSSR count). The predicted octanol–water partition coefficient (Wildman–Crippen LogP) is 2.14. The first-order valence-corrected chi connectivity index (χ1v) is 7.23. The summed E-state index contributed by atoms with van der Waals surface area (Å²) in [5.74, 6) is 5.48. The van der Waals surface area contributed by atoms with Gasteiger partial charge in [-0.05, 0) is 26.0 Å². The maximum atomic E-state index is 12.3. The Morgan fingerprint density at radius 3 is 2.86 bits per heavy atom. The molecule has 0 aliphatic carbocycles. The molecule has 6 heteroatoms. The second-order valence-corrected chi connectivity index (χ2v) is 5.59. The molecule has 2 aromatic rings. The van der Waals surface area contributed by atoms with Gasteiger partial charge in [-0.1, -0.05) is 34.8 Å². The molecule has 0 saturated carbocycles. The first-order valence-electron chi connectivity index (χ1n) is 6.42. The molecule has 2 N–H and O–H groups in total. The number of nitrogens with one attached hydrogen (secondary N) is 1. The van der Waals surface area contributed by atoms with E-state index < -0.39 is 0 Å². The maximum Gasteiger partial charge on any atom is 0.258 e. The van der Waals surface area contributed by atoms with Gasteiger partial charge >= 0.3 is 0 Å². The second kappa shape index (κ2) is 6.97. The zero-order chi connectivity index (χ0) is 15.2. The second-order valence-electron chi connectivity index (χ2n) is 4.40. The molecule has 1 aromatic heterocycles. The average Bonchev–Trinajstić information content (AvgIpc) is 2.86. The van der Waals surface area contributed by atoms with Gasteiger partial charge in [0.05, 0.1) is 12.2 Å². The van der Waals surface area contributed by atoms with Crippen LogP contribution in [0.25, 0.3) is 0 Å². The van der Waals surface area contributed by atoms with E-state index in [0.717, 1.165) is 10.6 Å². The molecule has 0 bridgehead atoms. The third-order valence-electron chi connectivity index (χ3n) is 2.63. The Morgan fingerprint density at radius 2 is 2.19 bits per heavy atom. The standard InChI is InChI=1S/C15H15N3O2S/c1-10-6-7-12(5-3-4-8-19)13(9-10)14(20)16-15-18-17-11(2)21-15/h6-7,9,19H,4,8H2,1-2H3,(H,16,18,20). The summed E-state index contributed by atoms with van der Waals surface area (Å²) in [6.45, 7) is 3.74. The molecule has 0 radical (unpaired) electrons. The molecule has 0 unspecified atom stereocenters. The van der Waals surface area contributed by atoms with Crippen LogP contribution in [-0.4, -0.2) is 27.8 Å². The number of nitrogens with zero attached hydrogens (tertiary/aromatic N) is 2. The fourth-order valence-corrected chi connectivity index (χ4v) is 2.27. The van der Waals surface area contributed by atoms with Crippen molar-refractivity contribution in [3.05, 3.63) is 39.9 Å². The molecular formula is C15H15N3O2S. The van der Waals surface area contributed by atoms with E-state index in [4.69, 9.17) is 5.11 Å². The van der Waals surface area contributed by atoms with Crippen molar-refractivity contribution in [1.82, 2.24) is 10.2 Å². The van der Waals surface area contributed by atoms with Crippen LogP contribution in [0.4, 0.5) is 5.13 Å². The van der Waals surface area contributed by atoms with E-state index in [1.54, 1.807) is 12.1 Å². The third-order valence-corrected chi connectivity index (χ3v) is 3.38. The first kappa shape index (κ1) is 15.2. The maximum absolute atomic E-state index is 12.3. The minimum absolute atomic E-state index is 0.00442. The van der Waals surface area contributed by atoms with Gasteiger partial charge in [-0.25, -0.2) is 0 Å². The van der Waals surface area contributed by atoms with Crippen molar-refractivity contribution in [2.24, 2.45) is 0 Å². The van der Waals surface area contributed by atoms with Gasteiger partial charge in [0.25, 0.3) is 5.91 Å². The smallest absolute Gasteiger partial charge is 0.258 e. The Hall–Kier alpha value is -2.23. The van der Waals surface area contributed by atoms with Gasteiger partial charge in [0.2, 0.25) is 5.13 Å². The molecule has 0 atom stereocenters. The number of anilines is 1. The SMILES string of the molecule is Cc1ccc(C#CCCO)c(C(=O)Nc2nnc(C)s2)c1.